The van der Waals surface area contributed by atoms with Crippen molar-refractivity contribution in [2.75, 3.05) is 33.2 Å². The van der Waals surface area contributed by atoms with Gasteiger partial charge in [-0.1, -0.05) is 29.8 Å². The van der Waals surface area contributed by atoms with Gasteiger partial charge in [0.15, 0.2) is 0 Å². The molecule has 116 valence electrons. The first-order chi connectivity index (χ1) is 9.95. The largest absolute Gasteiger partial charge is 0.480 e. The van der Waals surface area contributed by atoms with E-state index in [1.807, 2.05) is 0 Å². The molecule has 2 atom stereocenters. The molecule has 1 heterocycles. The third-order valence-corrected chi connectivity index (χ3v) is 4.12. The molecule has 1 aromatic carbocycles. The Kier molecular flexibility index (Phi) is 5.33. The van der Waals surface area contributed by atoms with Gasteiger partial charge in [-0.05, 0) is 26.0 Å². The number of likely N-dealkylation sites (N-methyl/N-ethyl adjacent to an activating group) is 1. The predicted molar refractivity (Wildman–Crippen MR) is 81.4 cm³/mol. The average Bonchev–Trinajstić information content (AvgIpc) is 2.79. The Hall–Kier alpha value is -1.43. The molecule has 0 saturated carbocycles. The van der Waals surface area contributed by atoms with Crippen molar-refractivity contribution >= 4 is 5.97 Å². The number of aryl methyl sites for hydroxylation is 1. The maximum absolute atomic E-state index is 10.8. The van der Waals surface area contributed by atoms with Crippen LogP contribution in [0.4, 0.5) is 0 Å². The van der Waals surface area contributed by atoms with E-state index in [9.17, 15) is 9.90 Å². The minimum atomic E-state index is -0.859. The van der Waals surface area contributed by atoms with Crippen molar-refractivity contribution in [2.24, 2.45) is 0 Å². The van der Waals surface area contributed by atoms with Crippen LogP contribution in [0.2, 0.25) is 0 Å². The number of aliphatic hydroxyl groups excluding tert-OH is 1. The fraction of sp³-hybridized carbons (Fsp3) is 0.562. The SMILES string of the molecule is Cc1ccc(CCN2C[C@@H](O)[C@H](N(C)CC(=O)O)C2)cc1. The van der Waals surface area contributed by atoms with Crippen LogP contribution in [0, 0.1) is 6.92 Å². The number of benzene rings is 1. The van der Waals surface area contributed by atoms with E-state index >= 15 is 0 Å². The Morgan fingerprint density at radius 3 is 2.62 bits per heavy atom. The van der Waals surface area contributed by atoms with Crippen LogP contribution in [-0.2, 0) is 11.2 Å². The van der Waals surface area contributed by atoms with Gasteiger partial charge in [0.05, 0.1) is 12.6 Å². The molecule has 0 spiro atoms. The number of nitrogens with zero attached hydrogens (tertiary/aromatic N) is 2. The molecule has 5 heteroatoms. The van der Waals surface area contributed by atoms with Gasteiger partial charge in [-0.15, -0.1) is 0 Å². The zero-order valence-corrected chi connectivity index (χ0v) is 12.7. The third-order valence-electron chi connectivity index (χ3n) is 4.12. The quantitative estimate of drug-likeness (QED) is 0.804. The summed E-state index contributed by atoms with van der Waals surface area (Å²) in [7, 11) is 1.76. The summed E-state index contributed by atoms with van der Waals surface area (Å²) in [6.45, 7) is 4.26. The summed E-state index contributed by atoms with van der Waals surface area (Å²) in [4.78, 5) is 14.7. The first-order valence-electron chi connectivity index (χ1n) is 7.33. The number of aliphatic hydroxyl groups is 1. The summed E-state index contributed by atoms with van der Waals surface area (Å²) in [5.74, 6) is -0.859. The summed E-state index contributed by atoms with van der Waals surface area (Å²) in [6, 6.07) is 8.39. The molecule has 2 N–H and O–H groups in total. The molecule has 1 aromatic rings. The van der Waals surface area contributed by atoms with Gasteiger partial charge in [0.2, 0.25) is 0 Å². The number of carboxylic acid groups (broad SMARTS) is 1. The Balaban J connectivity index is 1.83. The van der Waals surface area contributed by atoms with Crippen LogP contribution in [0.15, 0.2) is 24.3 Å². The molecule has 0 radical (unpaired) electrons. The lowest BCUT2D eigenvalue weighted by atomic mass is 10.1. The monoisotopic (exact) mass is 292 g/mol. The fourth-order valence-corrected chi connectivity index (χ4v) is 2.84. The average molecular weight is 292 g/mol. The van der Waals surface area contributed by atoms with Gasteiger partial charge in [0.1, 0.15) is 0 Å². The summed E-state index contributed by atoms with van der Waals surface area (Å²) >= 11 is 0. The van der Waals surface area contributed by atoms with E-state index in [0.29, 0.717) is 6.54 Å². The van der Waals surface area contributed by atoms with E-state index in [4.69, 9.17) is 5.11 Å². The molecule has 0 aliphatic carbocycles. The first kappa shape index (κ1) is 15.9. The van der Waals surface area contributed by atoms with Crippen molar-refractivity contribution in [1.82, 2.24) is 9.80 Å². The molecule has 0 aromatic heterocycles. The molecule has 1 fully saturated rings. The number of hydrogen-bond donors (Lipinski definition) is 2. The molecule has 0 amide bonds. The lowest BCUT2D eigenvalue weighted by Crippen LogP contribution is -2.43. The van der Waals surface area contributed by atoms with Gasteiger partial charge in [-0.25, -0.2) is 0 Å². The number of hydrogen-bond acceptors (Lipinski definition) is 4. The van der Waals surface area contributed by atoms with E-state index in [0.717, 1.165) is 19.5 Å². The van der Waals surface area contributed by atoms with Crippen LogP contribution in [0.25, 0.3) is 0 Å². The molecular weight excluding hydrogens is 268 g/mol. The lowest BCUT2D eigenvalue weighted by molar-refractivity contribution is -0.138. The maximum atomic E-state index is 10.8. The normalized spacial score (nSPS) is 22.9. The number of aliphatic carboxylic acids is 1. The molecule has 5 nitrogen and oxygen atoms in total. The summed E-state index contributed by atoms with van der Waals surface area (Å²) in [5, 5.41) is 18.9. The maximum Gasteiger partial charge on any atom is 0.317 e. The van der Waals surface area contributed by atoms with Crippen molar-refractivity contribution in [2.45, 2.75) is 25.5 Å². The minimum Gasteiger partial charge on any atom is -0.480 e. The molecule has 1 aliphatic rings. The van der Waals surface area contributed by atoms with E-state index in [1.54, 1.807) is 11.9 Å². The highest BCUT2D eigenvalue weighted by molar-refractivity contribution is 5.69. The van der Waals surface area contributed by atoms with Gasteiger partial charge in [0, 0.05) is 25.7 Å². The second kappa shape index (κ2) is 7.02. The van der Waals surface area contributed by atoms with Crippen molar-refractivity contribution in [3.63, 3.8) is 0 Å². The Bertz CT molecular complexity index is 475. The highest BCUT2D eigenvalue weighted by Crippen LogP contribution is 2.16. The van der Waals surface area contributed by atoms with E-state index in [2.05, 4.69) is 36.1 Å². The number of carboxylic acids is 1. The molecule has 21 heavy (non-hydrogen) atoms. The number of carbonyl (C=O) groups is 1. The second-order valence-electron chi connectivity index (χ2n) is 5.94. The molecular formula is C16H24N2O3. The molecule has 1 saturated heterocycles. The topological polar surface area (TPSA) is 64.0 Å². The summed E-state index contributed by atoms with van der Waals surface area (Å²) in [6.07, 6.45) is 0.468. The number of β-amino-alcohol motifs (C(OH)–C–C–N with tert-alkyl or cyclic N) is 1. The van der Waals surface area contributed by atoms with Crippen molar-refractivity contribution in [3.05, 3.63) is 35.4 Å². The van der Waals surface area contributed by atoms with E-state index in [-0.39, 0.29) is 12.6 Å². The molecule has 0 unspecified atom stereocenters. The molecule has 1 aliphatic heterocycles. The van der Waals surface area contributed by atoms with Crippen molar-refractivity contribution < 1.29 is 15.0 Å². The fourth-order valence-electron chi connectivity index (χ4n) is 2.84. The van der Waals surface area contributed by atoms with Gasteiger partial charge in [-0.3, -0.25) is 14.6 Å². The van der Waals surface area contributed by atoms with Gasteiger partial charge in [-0.2, -0.15) is 0 Å². The second-order valence-corrected chi connectivity index (χ2v) is 5.94. The van der Waals surface area contributed by atoms with Crippen LogP contribution in [0.1, 0.15) is 11.1 Å². The van der Waals surface area contributed by atoms with Gasteiger partial charge >= 0.3 is 5.97 Å². The first-order valence-corrected chi connectivity index (χ1v) is 7.33. The van der Waals surface area contributed by atoms with E-state index in [1.165, 1.54) is 11.1 Å². The van der Waals surface area contributed by atoms with Crippen LogP contribution >= 0.6 is 0 Å². The highest BCUT2D eigenvalue weighted by Gasteiger charge is 2.34. The lowest BCUT2D eigenvalue weighted by Gasteiger charge is -2.24. The number of rotatable bonds is 6. The predicted octanol–water partition coefficient (Wildman–Crippen LogP) is 0.599. The van der Waals surface area contributed by atoms with E-state index < -0.39 is 12.1 Å². The standard InChI is InChI=1S/C16H24N2O3/c1-12-3-5-13(6-4-12)7-8-18-9-14(15(19)10-18)17(2)11-16(20)21/h3-6,14-15,19H,7-11H2,1-2H3,(H,20,21)/t14-,15-/m1/s1. The van der Waals surface area contributed by atoms with Crippen LogP contribution in [0.5, 0.6) is 0 Å². The van der Waals surface area contributed by atoms with Crippen LogP contribution in [-0.4, -0.2) is 71.4 Å². The number of likely N-dealkylation sites (tertiary alicyclic amines) is 1. The Labute approximate surface area is 125 Å². The summed E-state index contributed by atoms with van der Waals surface area (Å²) in [5.41, 5.74) is 2.54. The Morgan fingerprint density at radius 2 is 2.00 bits per heavy atom. The van der Waals surface area contributed by atoms with Crippen molar-refractivity contribution in [3.8, 4) is 0 Å². The molecule has 0 bridgehead atoms. The third kappa shape index (κ3) is 4.52. The zero-order chi connectivity index (χ0) is 15.4. The minimum absolute atomic E-state index is 0.0342. The smallest absolute Gasteiger partial charge is 0.317 e. The Morgan fingerprint density at radius 1 is 1.33 bits per heavy atom. The van der Waals surface area contributed by atoms with Gasteiger partial charge in [0.25, 0.3) is 0 Å². The zero-order valence-electron chi connectivity index (χ0n) is 12.7. The van der Waals surface area contributed by atoms with Crippen LogP contribution in [0.3, 0.4) is 0 Å². The van der Waals surface area contributed by atoms with Crippen molar-refractivity contribution in [1.29, 1.82) is 0 Å². The van der Waals surface area contributed by atoms with Gasteiger partial charge < -0.3 is 10.2 Å². The molecule has 2 rings (SSSR count). The van der Waals surface area contributed by atoms with Crippen LogP contribution < -0.4 is 0 Å². The summed E-state index contributed by atoms with van der Waals surface area (Å²) < 4.78 is 0. The highest BCUT2D eigenvalue weighted by atomic mass is 16.4.